The first-order valence-corrected chi connectivity index (χ1v) is 5.36. The van der Waals surface area contributed by atoms with Gasteiger partial charge in [-0.25, -0.2) is 16.1 Å². The molecule has 94 valence electrons. The normalized spacial score (nSPS) is 8.53. The first-order valence-electron chi connectivity index (χ1n) is 4.42. The van der Waals surface area contributed by atoms with Gasteiger partial charge in [-0.2, -0.15) is 11.6 Å². The van der Waals surface area contributed by atoms with Gasteiger partial charge in [-0.3, -0.25) is 0 Å². The average Bonchev–Trinajstić information content (AvgIpc) is 2.84. The van der Waals surface area contributed by atoms with Crippen molar-refractivity contribution in [3.05, 3.63) is 41.2 Å². The summed E-state index contributed by atoms with van der Waals surface area (Å²) >= 11 is 1.64. The molecule has 2 rings (SSSR count). The van der Waals surface area contributed by atoms with Gasteiger partial charge in [-0.1, -0.05) is 17.5 Å². The predicted octanol–water partition coefficient (Wildman–Crippen LogP) is 1.67. The maximum Gasteiger partial charge on any atom is 0.329 e. The zero-order valence-corrected chi connectivity index (χ0v) is 11.7. The third-order valence-electron chi connectivity index (χ3n) is 1.54. The molecule has 6 heteroatoms. The fourth-order valence-electron chi connectivity index (χ4n) is 0.890. The molecule has 4 nitrogen and oxygen atoms in total. The van der Waals surface area contributed by atoms with Gasteiger partial charge >= 0.3 is 5.97 Å². The largest absolute Gasteiger partial charge is 0.480 e. The fourth-order valence-corrected chi connectivity index (χ4v) is 1.48. The fraction of sp³-hybridized carbons (Fsp3) is 0.0909. The number of hydrogen-bond donors (Lipinski definition) is 2. The Labute approximate surface area is 117 Å². The Morgan fingerprint density at radius 2 is 2.18 bits per heavy atom. The van der Waals surface area contributed by atoms with Gasteiger partial charge < -0.3 is 15.2 Å². The number of aliphatic hydroxyl groups excluding tert-OH is 1. The summed E-state index contributed by atoms with van der Waals surface area (Å²) in [6.07, 6.45) is 1.79. The minimum absolute atomic E-state index is 0. The standard InChI is InChI=1S/C9H6NS.C2H4O3.Pt/c1-2-5-10-9(3-1)8-4-6-11-7-8;3-1-2(4)5;/h1-3,5-7H;3H,1H2,(H,4,5);/q-1;;. The number of carboxylic acids is 1. The third kappa shape index (κ3) is 6.31. The zero-order chi connectivity index (χ0) is 11.8. The molecule has 0 aliphatic carbocycles. The summed E-state index contributed by atoms with van der Waals surface area (Å²) < 4.78 is 0. The van der Waals surface area contributed by atoms with E-state index in [1.807, 2.05) is 29.0 Å². The number of pyridine rings is 1. The van der Waals surface area contributed by atoms with Crippen LogP contribution in [0.3, 0.4) is 0 Å². The maximum absolute atomic E-state index is 9.12. The maximum atomic E-state index is 9.12. The molecule has 0 amide bonds. The van der Waals surface area contributed by atoms with Crippen molar-refractivity contribution in [3.63, 3.8) is 0 Å². The Morgan fingerprint density at radius 3 is 2.59 bits per heavy atom. The summed E-state index contributed by atoms with van der Waals surface area (Å²) in [5, 5.41) is 19.0. The van der Waals surface area contributed by atoms with Gasteiger partial charge in [0.05, 0.1) is 0 Å². The Hall–Kier alpha value is -1.03. The van der Waals surface area contributed by atoms with E-state index in [-0.39, 0.29) is 21.1 Å². The number of nitrogens with zero attached hydrogens (tertiary/aromatic N) is 1. The molecule has 2 N–H and O–H groups in total. The summed E-state index contributed by atoms with van der Waals surface area (Å²) in [6.45, 7) is -0.778. The molecule has 2 aromatic rings. The average molecular weight is 431 g/mol. The monoisotopic (exact) mass is 431 g/mol. The molecule has 0 fully saturated rings. The van der Waals surface area contributed by atoms with Crippen molar-refractivity contribution < 1.29 is 36.1 Å². The van der Waals surface area contributed by atoms with E-state index in [9.17, 15) is 0 Å². The molecular formula is C11H10NO3PtS-. The van der Waals surface area contributed by atoms with Crippen LogP contribution in [0.5, 0.6) is 0 Å². The van der Waals surface area contributed by atoms with Gasteiger partial charge in [-0.15, -0.1) is 5.38 Å². The molecule has 2 heterocycles. The van der Waals surface area contributed by atoms with E-state index in [2.05, 4.69) is 11.1 Å². The molecular weight excluding hydrogens is 421 g/mol. The number of rotatable bonds is 2. The van der Waals surface area contributed by atoms with E-state index in [0.717, 1.165) is 11.3 Å². The second kappa shape index (κ2) is 9.05. The molecule has 0 aliphatic heterocycles. The van der Waals surface area contributed by atoms with Crippen molar-refractivity contribution in [1.29, 1.82) is 0 Å². The second-order valence-corrected chi connectivity index (χ2v) is 3.44. The molecule has 0 spiro atoms. The van der Waals surface area contributed by atoms with Crippen LogP contribution in [0.1, 0.15) is 0 Å². The molecule has 0 aromatic carbocycles. The quantitative estimate of drug-likeness (QED) is 0.710. The minimum atomic E-state index is -1.19. The minimum Gasteiger partial charge on any atom is -0.480 e. The van der Waals surface area contributed by atoms with Crippen molar-refractivity contribution in [3.8, 4) is 11.3 Å². The second-order valence-electron chi connectivity index (χ2n) is 2.70. The first-order chi connectivity index (χ1) is 7.74. The van der Waals surface area contributed by atoms with E-state index in [4.69, 9.17) is 15.0 Å². The van der Waals surface area contributed by atoms with Crippen LogP contribution in [-0.4, -0.2) is 27.8 Å². The van der Waals surface area contributed by atoms with Crippen LogP contribution in [0, 0.1) is 6.07 Å². The summed E-state index contributed by atoms with van der Waals surface area (Å²) in [7, 11) is 0. The summed E-state index contributed by atoms with van der Waals surface area (Å²) in [5.74, 6) is -1.19. The third-order valence-corrected chi connectivity index (χ3v) is 2.17. The number of aliphatic carboxylic acids is 1. The van der Waals surface area contributed by atoms with Crippen LogP contribution in [0.25, 0.3) is 11.3 Å². The van der Waals surface area contributed by atoms with Crippen molar-refractivity contribution in [2.75, 3.05) is 6.61 Å². The SMILES string of the molecule is O=C(O)CO.[Pt].[c-]1cscc1-c1ccccn1. The number of thiophene rings is 1. The van der Waals surface area contributed by atoms with Gasteiger partial charge in [0.25, 0.3) is 0 Å². The van der Waals surface area contributed by atoms with Crippen molar-refractivity contribution in [2.45, 2.75) is 0 Å². The summed E-state index contributed by atoms with van der Waals surface area (Å²) in [4.78, 5) is 13.3. The van der Waals surface area contributed by atoms with Crippen molar-refractivity contribution >= 4 is 17.3 Å². The Balaban J connectivity index is 0.000000373. The molecule has 0 saturated heterocycles. The van der Waals surface area contributed by atoms with Gasteiger partial charge in [0.2, 0.25) is 0 Å². The Bertz CT molecular complexity index is 420. The van der Waals surface area contributed by atoms with Crippen molar-refractivity contribution in [1.82, 2.24) is 4.98 Å². The molecule has 0 atom stereocenters. The Morgan fingerprint density at radius 1 is 1.47 bits per heavy atom. The molecule has 0 bridgehead atoms. The van der Waals surface area contributed by atoms with Crippen LogP contribution in [0.2, 0.25) is 0 Å². The molecule has 0 radical (unpaired) electrons. The molecule has 2 aromatic heterocycles. The van der Waals surface area contributed by atoms with E-state index >= 15 is 0 Å². The van der Waals surface area contributed by atoms with Crippen LogP contribution >= 0.6 is 11.3 Å². The predicted molar refractivity (Wildman–Crippen MR) is 61.1 cm³/mol. The van der Waals surface area contributed by atoms with E-state index in [1.165, 1.54) is 0 Å². The smallest absolute Gasteiger partial charge is 0.329 e. The molecule has 17 heavy (non-hydrogen) atoms. The molecule has 0 unspecified atom stereocenters. The zero-order valence-electron chi connectivity index (χ0n) is 8.65. The first kappa shape index (κ1) is 16.0. The van der Waals surface area contributed by atoms with Gasteiger partial charge in [0, 0.05) is 27.3 Å². The molecule has 0 saturated carbocycles. The van der Waals surface area contributed by atoms with Crippen molar-refractivity contribution in [2.24, 2.45) is 0 Å². The van der Waals surface area contributed by atoms with Crippen LogP contribution in [0.4, 0.5) is 0 Å². The van der Waals surface area contributed by atoms with Crippen LogP contribution in [0.15, 0.2) is 35.2 Å². The topological polar surface area (TPSA) is 70.4 Å². The number of aromatic nitrogens is 1. The number of carboxylic acid groups (broad SMARTS) is 1. The van der Waals surface area contributed by atoms with E-state index in [1.54, 1.807) is 17.5 Å². The summed E-state index contributed by atoms with van der Waals surface area (Å²) in [5.41, 5.74) is 2.07. The number of carbonyl (C=O) groups is 1. The van der Waals surface area contributed by atoms with Gasteiger partial charge in [0.1, 0.15) is 6.61 Å². The number of hydrogen-bond acceptors (Lipinski definition) is 4. The van der Waals surface area contributed by atoms with Gasteiger partial charge in [0.15, 0.2) is 0 Å². The molecule has 0 aliphatic rings. The van der Waals surface area contributed by atoms with E-state index in [0.29, 0.717) is 0 Å². The Kier molecular flexibility index (Phi) is 8.50. The summed E-state index contributed by atoms with van der Waals surface area (Å²) in [6, 6.07) is 8.99. The number of aliphatic hydroxyl groups is 1. The van der Waals surface area contributed by atoms with Crippen LogP contribution < -0.4 is 0 Å². The van der Waals surface area contributed by atoms with Gasteiger partial charge in [-0.05, 0) is 11.8 Å². The van der Waals surface area contributed by atoms with Crippen LogP contribution in [-0.2, 0) is 25.9 Å². The van der Waals surface area contributed by atoms with E-state index < -0.39 is 12.6 Å².